The van der Waals surface area contributed by atoms with E-state index >= 15 is 0 Å². The second-order valence-corrected chi connectivity index (χ2v) is 16.7. The van der Waals surface area contributed by atoms with Crippen LogP contribution in [-0.4, -0.2) is 38.2 Å². The van der Waals surface area contributed by atoms with Gasteiger partial charge in [-0.15, -0.1) is 0 Å². The molecule has 0 saturated carbocycles. The summed E-state index contributed by atoms with van der Waals surface area (Å²) in [5.41, 5.74) is -9.68. The molecule has 0 fully saturated rings. The predicted octanol–water partition coefficient (Wildman–Crippen LogP) is 7.11. The van der Waals surface area contributed by atoms with E-state index in [1.54, 1.807) is 0 Å². The Hall–Kier alpha value is -0.950. The number of sulfonamides is 2. The molecule has 214 valence electrons. The van der Waals surface area contributed by atoms with Gasteiger partial charge >= 0.3 is 33.4 Å². The molecule has 5 nitrogen and oxygen atoms in total. The fraction of sp³-hybridized carbons (Fsp3) is 0.455. The van der Waals surface area contributed by atoms with E-state index in [1.807, 2.05) is 0 Å². The molecule has 2 aromatic carbocycles. The number of rotatable bonds is 4. The standard InChI is InChI=1S/C20H27P.C2F6NO4S2.Au/c1-19(2,3)21(20(4,5)6)18-15-11-10-14-17(18)16-12-8-7-9-13-16;3-1(4,5)14(10,11)9-15(12,13)2(6,7)8;/h7-15H,1-6H3;;/q;-1;+1. The normalized spacial score (nSPS) is 13.4. The summed E-state index contributed by atoms with van der Waals surface area (Å²) in [6, 6.07) is 19.7. The van der Waals surface area contributed by atoms with Crippen molar-refractivity contribution in [2.24, 2.45) is 0 Å². The summed E-state index contributed by atoms with van der Waals surface area (Å²) in [7, 11) is -13.7. The third-order valence-corrected chi connectivity index (χ3v) is 10.6. The minimum Gasteiger partial charge on any atom is -0.421 e. The van der Waals surface area contributed by atoms with E-state index in [0.29, 0.717) is 10.3 Å². The first-order valence-corrected chi connectivity index (χ1v) is 14.5. The average molecular weight is 776 g/mol. The molecule has 15 heteroatoms. The summed E-state index contributed by atoms with van der Waals surface area (Å²) in [5, 5.41) is 2.11. The Morgan fingerprint density at radius 1 is 0.622 bits per heavy atom. The first-order chi connectivity index (χ1) is 15.9. The van der Waals surface area contributed by atoms with Crippen molar-refractivity contribution >= 4 is 33.3 Å². The van der Waals surface area contributed by atoms with Crippen LogP contribution in [0.1, 0.15) is 41.5 Å². The van der Waals surface area contributed by atoms with Gasteiger partial charge in [-0.05, 0) is 26.7 Å². The Kier molecular flexibility index (Phi) is 12.2. The molecule has 0 aliphatic rings. The SMILES string of the molecule is CC(C)(C)P(c1ccccc1-c1ccccc1)C(C)(C)C.O=S(=O)([N-]S(=O)(=O)C(F)(F)F)C(F)(F)F.[Au+]. The molecule has 0 bridgehead atoms. The van der Waals surface area contributed by atoms with Crippen molar-refractivity contribution in [1.82, 2.24) is 0 Å². The fourth-order valence-corrected chi connectivity index (χ4v) is 9.32. The minimum absolute atomic E-state index is 0. The van der Waals surface area contributed by atoms with Crippen LogP contribution in [0.3, 0.4) is 0 Å². The van der Waals surface area contributed by atoms with Crippen LogP contribution in [0.5, 0.6) is 0 Å². The molecule has 2 rings (SSSR count). The van der Waals surface area contributed by atoms with Gasteiger partial charge in [0.1, 0.15) is 0 Å². The maximum absolute atomic E-state index is 11.4. The fourth-order valence-electron chi connectivity index (χ4n) is 3.47. The van der Waals surface area contributed by atoms with Crippen LogP contribution in [-0.2, 0) is 42.4 Å². The van der Waals surface area contributed by atoms with Crippen LogP contribution in [0.15, 0.2) is 54.6 Å². The van der Waals surface area contributed by atoms with E-state index in [9.17, 15) is 43.2 Å². The molecule has 0 spiro atoms. The zero-order chi connectivity index (χ0) is 28.4. The molecule has 0 saturated heterocycles. The molecule has 0 heterocycles. The summed E-state index contributed by atoms with van der Waals surface area (Å²) in [5.74, 6) is 0. The van der Waals surface area contributed by atoms with E-state index in [4.69, 9.17) is 0 Å². The van der Waals surface area contributed by atoms with Crippen LogP contribution in [0.4, 0.5) is 26.3 Å². The van der Waals surface area contributed by atoms with Gasteiger partial charge in [0.2, 0.25) is 0 Å². The molecular weight excluding hydrogens is 748 g/mol. The number of halogens is 6. The van der Waals surface area contributed by atoms with Crippen molar-refractivity contribution in [3.8, 4) is 11.1 Å². The Morgan fingerprint density at radius 3 is 1.32 bits per heavy atom. The Bertz CT molecular complexity index is 1180. The van der Waals surface area contributed by atoms with Crippen molar-refractivity contribution in [1.29, 1.82) is 0 Å². The topological polar surface area (TPSA) is 82.4 Å². The van der Waals surface area contributed by atoms with Crippen LogP contribution in [0, 0.1) is 0 Å². The van der Waals surface area contributed by atoms with Crippen LogP contribution in [0.2, 0.25) is 0 Å². The molecule has 0 aliphatic carbocycles. The van der Waals surface area contributed by atoms with E-state index in [1.165, 1.54) is 16.4 Å². The first kappa shape index (κ1) is 36.1. The quantitative estimate of drug-likeness (QED) is 0.189. The third-order valence-electron chi connectivity index (χ3n) is 4.35. The molecule has 0 radical (unpaired) electrons. The van der Waals surface area contributed by atoms with Crippen molar-refractivity contribution in [2.45, 2.75) is 62.9 Å². The molecule has 0 unspecified atom stereocenters. The second-order valence-electron chi connectivity index (χ2n) is 9.48. The number of nitrogens with zero attached hydrogens (tertiary/aromatic N) is 1. The van der Waals surface area contributed by atoms with Gasteiger partial charge in [0, 0.05) is 0 Å². The second kappa shape index (κ2) is 12.5. The van der Waals surface area contributed by atoms with Crippen molar-refractivity contribution < 1.29 is 65.6 Å². The summed E-state index contributed by atoms with van der Waals surface area (Å²) in [6.45, 7) is 14.3. The third kappa shape index (κ3) is 9.94. The number of hydrogen-bond donors (Lipinski definition) is 0. The summed E-state index contributed by atoms with van der Waals surface area (Å²) >= 11 is 0. The van der Waals surface area contributed by atoms with Crippen LogP contribution < -0.4 is 5.30 Å². The molecule has 2 aromatic rings. The zero-order valence-corrected chi connectivity index (χ0v) is 25.3. The summed E-state index contributed by atoms with van der Waals surface area (Å²) in [6.07, 6.45) is 0. The molecule has 0 aliphatic heterocycles. The van der Waals surface area contributed by atoms with Gasteiger partial charge in [-0.1, -0.05) is 104 Å². The molecule has 0 N–H and O–H groups in total. The molecule has 37 heavy (non-hydrogen) atoms. The van der Waals surface area contributed by atoms with Gasteiger partial charge in [-0.3, -0.25) is 0 Å². The molecular formula is C22H27AuF6NO4PS2. The van der Waals surface area contributed by atoms with E-state index in [2.05, 4.69) is 96.1 Å². The van der Waals surface area contributed by atoms with E-state index in [-0.39, 0.29) is 30.3 Å². The van der Waals surface area contributed by atoms with Gasteiger partial charge in [0.15, 0.2) is 20.0 Å². The minimum atomic E-state index is -6.72. The Morgan fingerprint density at radius 2 is 0.973 bits per heavy atom. The average Bonchev–Trinajstić information content (AvgIpc) is 2.65. The van der Waals surface area contributed by atoms with E-state index < -0.39 is 31.1 Å². The Balaban J connectivity index is 0.000000724. The molecule has 0 aromatic heterocycles. The van der Waals surface area contributed by atoms with Gasteiger partial charge in [-0.2, -0.15) is 26.3 Å². The van der Waals surface area contributed by atoms with Gasteiger partial charge in [-0.25, -0.2) is 16.8 Å². The van der Waals surface area contributed by atoms with Crippen LogP contribution in [0.25, 0.3) is 15.3 Å². The van der Waals surface area contributed by atoms with Crippen molar-refractivity contribution in [2.75, 3.05) is 0 Å². The smallest absolute Gasteiger partial charge is 0.421 e. The summed E-state index contributed by atoms with van der Waals surface area (Å²) in [4.78, 5) is 0. The Labute approximate surface area is 230 Å². The molecule has 0 atom stereocenters. The van der Waals surface area contributed by atoms with Crippen LogP contribution >= 0.6 is 7.92 Å². The first-order valence-electron chi connectivity index (χ1n) is 10.2. The predicted molar refractivity (Wildman–Crippen MR) is 131 cm³/mol. The number of benzene rings is 2. The monoisotopic (exact) mass is 775 g/mol. The molecule has 0 amide bonds. The van der Waals surface area contributed by atoms with Gasteiger partial charge in [0.05, 0.1) is 0 Å². The number of hydrogen-bond acceptors (Lipinski definition) is 4. The maximum Gasteiger partial charge on any atom is 1.00 e. The van der Waals surface area contributed by atoms with Gasteiger partial charge in [0.25, 0.3) is 0 Å². The summed E-state index contributed by atoms with van der Waals surface area (Å²) < 4.78 is 109. The van der Waals surface area contributed by atoms with E-state index in [0.717, 1.165) is 4.13 Å². The largest absolute Gasteiger partial charge is 1.00 e. The van der Waals surface area contributed by atoms with Crippen molar-refractivity contribution in [3.05, 3.63) is 58.7 Å². The maximum atomic E-state index is 11.4. The zero-order valence-electron chi connectivity index (χ0n) is 20.6. The van der Waals surface area contributed by atoms with Crippen molar-refractivity contribution in [3.63, 3.8) is 0 Å². The number of alkyl halides is 6. The van der Waals surface area contributed by atoms with Gasteiger partial charge < -0.3 is 4.13 Å².